The Morgan fingerprint density at radius 3 is 2.59 bits per heavy atom. The third-order valence-corrected chi connectivity index (χ3v) is 6.61. The van der Waals surface area contributed by atoms with E-state index in [0.717, 1.165) is 16.8 Å². The van der Waals surface area contributed by atoms with Gasteiger partial charge < -0.3 is 15.5 Å². The largest absolute Gasteiger partial charge is 0.365 e. The van der Waals surface area contributed by atoms with E-state index in [1.54, 1.807) is 12.4 Å². The fraction of sp³-hybridized carbons (Fsp3) is 0.286. The predicted molar refractivity (Wildman–Crippen MR) is 112 cm³/mol. The summed E-state index contributed by atoms with van der Waals surface area (Å²) in [6.45, 7) is 4.25. The lowest BCUT2D eigenvalue weighted by atomic mass is 10.2. The number of benzene rings is 1. The molecule has 1 aromatic heterocycles. The van der Waals surface area contributed by atoms with Crippen molar-refractivity contribution in [2.24, 2.45) is 5.73 Å². The van der Waals surface area contributed by atoms with E-state index in [9.17, 15) is 9.59 Å². The fourth-order valence-electron chi connectivity index (χ4n) is 3.66. The minimum Gasteiger partial charge on any atom is -0.365 e. The minimum absolute atomic E-state index is 0.0389. The van der Waals surface area contributed by atoms with Crippen LogP contribution in [0, 0.1) is 0 Å². The Morgan fingerprint density at radius 2 is 1.90 bits per heavy atom. The Bertz CT molecular complexity index is 935. The van der Waals surface area contributed by atoms with Crippen molar-refractivity contribution in [1.82, 2.24) is 19.7 Å². The van der Waals surface area contributed by atoms with Gasteiger partial charge in [-0.15, -0.1) is 0 Å². The zero-order valence-corrected chi connectivity index (χ0v) is 17.0. The zero-order valence-electron chi connectivity index (χ0n) is 16.2. The molecule has 2 aliphatic rings. The van der Waals surface area contributed by atoms with Gasteiger partial charge in [0.05, 0.1) is 4.91 Å². The Hall–Kier alpha value is -3.00. The van der Waals surface area contributed by atoms with Crippen LogP contribution in [0.4, 0.5) is 4.79 Å². The maximum atomic E-state index is 13.1. The maximum absolute atomic E-state index is 13.1. The van der Waals surface area contributed by atoms with Gasteiger partial charge in [0.1, 0.15) is 0 Å². The summed E-state index contributed by atoms with van der Waals surface area (Å²) in [6, 6.07) is 13.8. The van der Waals surface area contributed by atoms with Crippen molar-refractivity contribution in [3.8, 4) is 0 Å². The number of aromatic nitrogens is 1. The Morgan fingerprint density at radius 1 is 1.14 bits per heavy atom. The summed E-state index contributed by atoms with van der Waals surface area (Å²) >= 11 is 1.36. The summed E-state index contributed by atoms with van der Waals surface area (Å²) in [6.07, 6.45) is 3.50. The molecule has 0 bridgehead atoms. The highest BCUT2D eigenvalue weighted by Crippen LogP contribution is 2.41. The maximum Gasteiger partial charge on any atom is 0.322 e. The number of thioether (sulfide) groups is 1. The number of nitrogens with two attached hydrogens (primary N) is 1. The van der Waals surface area contributed by atoms with Gasteiger partial charge in [-0.05, 0) is 24.1 Å². The molecule has 7 nitrogen and oxygen atoms in total. The number of carbonyl (C=O) groups excluding carboxylic acids is 2. The van der Waals surface area contributed by atoms with E-state index in [-0.39, 0.29) is 11.5 Å². The molecule has 0 radical (unpaired) electrons. The number of hydrogen-bond acceptors (Lipinski definition) is 5. The molecule has 29 heavy (non-hydrogen) atoms. The molecule has 3 heterocycles. The van der Waals surface area contributed by atoms with E-state index in [2.05, 4.69) is 9.88 Å². The van der Waals surface area contributed by atoms with E-state index >= 15 is 0 Å². The number of allylic oxidation sites excluding steroid dienone is 1. The number of primary amides is 1. The molecule has 0 spiro atoms. The molecule has 3 amide bonds. The molecule has 1 aromatic carbocycles. The SMILES string of the molecule is CC1=C(C(N)=O)SC(N2CCN(Cc3cccnc3)C2=O)N1Cc1ccccc1. The van der Waals surface area contributed by atoms with Gasteiger partial charge in [-0.3, -0.25) is 14.7 Å². The van der Waals surface area contributed by atoms with Gasteiger partial charge in [0, 0.05) is 44.3 Å². The summed E-state index contributed by atoms with van der Waals surface area (Å²) in [5, 5.41) is 0. The van der Waals surface area contributed by atoms with Gasteiger partial charge in [-0.2, -0.15) is 0 Å². The van der Waals surface area contributed by atoms with Crippen LogP contribution in [0.25, 0.3) is 0 Å². The van der Waals surface area contributed by atoms with Crippen LogP contribution < -0.4 is 5.73 Å². The van der Waals surface area contributed by atoms with Gasteiger partial charge in [0.2, 0.25) is 0 Å². The topological polar surface area (TPSA) is 82.8 Å². The molecule has 0 saturated carbocycles. The third-order valence-electron chi connectivity index (χ3n) is 5.16. The smallest absolute Gasteiger partial charge is 0.322 e. The Kier molecular flexibility index (Phi) is 5.44. The number of carbonyl (C=O) groups is 2. The minimum atomic E-state index is -0.452. The molecule has 2 N–H and O–H groups in total. The molecule has 1 saturated heterocycles. The van der Waals surface area contributed by atoms with Gasteiger partial charge in [-0.1, -0.05) is 48.2 Å². The van der Waals surface area contributed by atoms with Crippen LogP contribution >= 0.6 is 11.8 Å². The van der Waals surface area contributed by atoms with Crippen LogP contribution in [0.5, 0.6) is 0 Å². The Labute approximate surface area is 174 Å². The number of pyridine rings is 1. The molecule has 8 heteroatoms. The van der Waals surface area contributed by atoms with Gasteiger partial charge in [0.25, 0.3) is 5.91 Å². The average molecular weight is 410 g/mol. The first-order valence-corrected chi connectivity index (χ1v) is 10.3. The molecule has 1 atom stereocenters. The quantitative estimate of drug-likeness (QED) is 0.793. The highest BCUT2D eigenvalue weighted by Gasteiger charge is 2.42. The second kappa shape index (κ2) is 8.16. The molecule has 150 valence electrons. The summed E-state index contributed by atoms with van der Waals surface area (Å²) < 4.78 is 0. The number of nitrogens with zero attached hydrogens (tertiary/aromatic N) is 4. The lowest BCUT2D eigenvalue weighted by Crippen LogP contribution is -2.45. The standard InChI is InChI=1S/C21H23N5O2S/c1-15-18(19(22)27)29-21(26(15)14-16-6-3-2-4-7-16)25-11-10-24(20(25)28)13-17-8-5-9-23-12-17/h2-9,12,21H,10-11,13-14H2,1H3,(H2,22,27). The molecule has 4 rings (SSSR count). The highest BCUT2D eigenvalue weighted by atomic mass is 32.2. The van der Waals surface area contributed by atoms with Crippen LogP contribution in [0.3, 0.4) is 0 Å². The van der Waals surface area contributed by atoms with Crippen molar-refractivity contribution in [1.29, 1.82) is 0 Å². The monoisotopic (exact) mass is 409 g/mol. The second-order valence-corrected chi connectivity index (χ2v) is 8.16. The predicted octanol–water partition coefficient (Wildman–Crippen LogP) is 2.57. The van der Waals surface area contributed by atoms with Gasteiger partial charge >= 0.3 is 6.03 Å². The Balaban J connectivity index is 1.54. The fourth-order valence-corrected chi connectivity index (χ4v) is 4.96. The third kappa shape index (κ3) is 3.93. The zero-order chi connectivity index (χ0) is 20.4. The molecule has 1 unspecified atom stereocenters. The summed E-state index contributed by atoms with van der Waals surface area (Å²) in [5.74, 6) is -0.452. The van der Waals surface area contributed by atoms with Crippen molar-refractivity contribution in [3.63, 3.8) is 0 Å². The van der Waals surface area contributed by atoms with E-state index in [1.807, 2.05) is 59.2 Å². The molecular weight excluding hydrogens is 386 g/mol. The lowest BCUT2D eigenvalue weighted by molar-refractivity contribution is -0.114. The van der Waals surface area contributed by atoms with Crippen molar-refractivity contribution < 1.29 is 9.59 Å². The molecule has 0 aliphatic carbocycles. The first-order chi connectivity index (χ1) is 14.0. The van der Waals surface area contributed by atoms with Crippen molar-refractivity contribution in [3.05, 3.63) is 76.6 Å². The number of hydrogen-bond donors (Lipinski definition) is 1. The van der Waals surface area contributed by atoms with Gasteiger partial charge in [0.15, 0.2) is 5.50 Å². The second-order valence-electron chi connectivity index (χ2n) is 7.10. The van der Waals surface area contributed by atoms with E-state index in [4.69, 9.17) is 5.73 Å². The van der Waals surface area contributed by atoms with E-state index in [0.29, 0.717) is 31.1 Å². The van der Waals surface area contributed by atoms with Crippen LogP contribution in [0.15, 0.2) is 65.5 Å². The molecule has 2 aromatic rings. The lowest BCUT2D eigenvalue weighted by Gasteiger charge is -2.34. The summed E-state index contributed by atoms with van der Waals surface area (Å²) in [5.41, 5.74) is 8.24. The summed E-state index contributed by atoms with van der Waals surface area (Å²) in [7, 11) is 0. The molecule has 1 fully saturated rings. The van der Waals surface area contributed by atoms with Crippen LogP contribution in [-0.2, 0) is 17.9 Å². The first kappa shape index (κ1) is 19.3. The van der Waals surface area contributed by atoms with Crippen molar-refractivity contribution in [2.75, 3.05) is 13.1 Å². The van der Waals surface area contributed by atoms with E-state index in [1.165, 1.54) is 11.8 Å². The molecule has 2 aliphatic heterocycles. The van der Waals surface area contributed by atoms with Crippen LogP contribution in [0.2, 0.25) is 0 Å². The first-order valence-electron chi connectivity index (χ1n) is 9.47. The number of urea groups is 1. The van der Waals surface area contributed by atoms with Crippen molar-refractivity contribution in [2.45, 2.75) is 25.5 Å². The van der Waals surface area contributed by atoms with Crippen LogP contribution in [-0.4, -0.2) is 50.2 Å². The van der Waals surface area contributed by atoms with Gasteiger partial charge in [-0.25, -0.2) is 4.79 Å². The number of rotatable bonds is 6. The molecular formula is C21H23N5O2S. The van der Waals surface area contributed by atoms with E-state index < -0.39 is 5.91 Å². The highest BCUT2D eigenvalue weighted by molar-refractivity contribution is 8.04. The van der Waals surface area contributed by atoms with Crippen LogP contribution in [0.1, 0.15) is 18.1 Å². The number of amides is 3. The summed E-state index contributed by atoms with van der Waals surface area (Å²) in [4.78, 5) is 35.5. The normalized spacial score (nSPS) is 19.4. The average Bonchev–Trinajstić information content (AvgIpc) is 3.24. The van der Waals surface area contributed by atoms with Crippen molar-refractivity contribution >= 4 is 23.7 Å².